The summed E-state index contributed by atoms with van der Waals surface area (Å²) in [7, 11) is 3.45. The van der Waals surface area contributed by atoms with Crippen LogP contribution in [0.5, 0.6) is 0 Å². The first-order chi connectivity index (χ1) is 7.72. The summed E-state index contributed by atoms with van der Waals surface area (Å²) >= 11 is 0. The fraction of sp³-hybridized carbons (Fsp3) is 0.500. The maximum absolute atomic E-state index is 11.5. The summed E-state index contributed by atoms with van der Waals surface area (Å²) in [4.78, 5) is 17.6. The van der Waals surface area contributed by atoms with Crippen molar-refractivity contribution in [2.24, 2.45) is 4.99 Å². The van der Waals surface area contributed by atoms with E-state index >= 15 is 0 Å². The molecule has 1 rings (SSSR count). The molecule has 16 heavy (non-hydrogen) atoms. The molecule has 1 fully saturated rings. The topological polar surface area (TPSA) is 44.7 Å². The van der Waals surface area contributed by atoms with Gasteiger partial charge in [-0.15, -0.1) is 0 Å². The molecule has 0 unspecified atom stereocenters. The number of carbonyl (C=O) groups is 1. The van der Waals surface area contributed by atoms with Gasteiger partial charge in [0, 0.05) is 39.3 Å². The van der Waals surface area contributed by atoms with Crippen molar-refractivity contribution in [2.45, 2.75) is 13.3 Å². The summed E-state index contributed by atoms with van der Waals surface area (Å²) < 4.78 is 0. The Kier molecular flexibility index (Phi) is 4.76. The molecule has 0 saturated carbocycles. The second kappa shape index (κ2) is 6.10. The zero-order chi connectivity index (χ0) is 12.0. The molecule has 0 spiro atoms. The third-order valence-electron chi connectivity index (χ3n) is 2.61. The highest BCUT2D eigenvalue weighted by molar-refractivity contribution is 6.02. The average Bonchev–Trinajstić information content (AvgIpc) is 2.34. The van der Waals surface area contributed by atoms with Crippen LogP contribution in [0.3, 0.4) is 0 Å². The Morgan fingerprint density at radius 1 is 1.56 bits per heavy atom. The van der Waals surface area contributed by atoms with Gasteiger partial charge in [-0.2, -0.15) is 0 Å². The van der Waals surface area contributed by atoms with Crippen LogP contribution >= 0.6 is 0 Å². The van der Waals surface area contributed by atoms with E-state index in [4.69, 9.17) is 0 Å². The molecule has 0 radical (unpaired) electrons. The smallest absolute Gasteiger partial charge is 0.317 e. The molecule has 1 heterocycles. The van der Waals surface area contributed by atoms with E-state index in [1.807, 2.05) is 25.2 Å². The van der Waals surface area contributed by atoms with Gasteiger partial charge >= 0.3 is 6.03 Å². The van der Waals surface area contributed by atoms with E-state index in [1.54, 1.807) is 19.0 Å². The predicted molar refractivity (Wildman–Crippen MR) is 66.9 cm³/mol. The molecule has 4 nitrogen and oxygen atoms in total. The maximum atomic E-state index is 11.5. The summed E-state index contributed by atoms with van der Waals surface area (Å²) in [6, 6.07) is -0.0264. The average molecular weight is 221 g/mol. The Labute approximate surface area is 96.7 Å². The number of hydrogen-bond acceptors (Lipinski definition) is 2. The van der Waals surface area contributed by atoms with Crippen molar-refractivity contribution in [3.8, 4) is 0 Å². The third-order valence-corrected chi connectivity index (χ3v) is 2.61. The van der Waals surface area contributed by atoms with E-state index in [-0.39, 0.29) is 6.03 Å². The molecule has 0 bridgehead atoms. The number of amides is 2. The lowest BCUT2D eigenvalue weighted by Crippen LogP contribution is -2.44. The highest BCUT2D eigenvalue weighted by Crippen LogP contribution is 2.13. The molecule has 1 aliphatic rings. The van der Waals surface area contributed by atoms with Crippen molar-refractivity contribution in [2.75, 3.05) is 27.2 Å². The third kappa shape index (κ3) is 2.95. The minimum absolute atomic E-state index is 0.0264. The normalized spacial score (nSPS) is 22.1. The number of hydrogen-bond donors (Lipinski definition) is 1. The van der Waals surface area contributed by atoms with Crippen LogP contribution < -0.4 is 5.32 Å². The minimum Gasteiger partial charge on any atom is -0.341 e. The van der Waals surface area contributed by atoms with Gasteiger partial charge in [0.05, 0.1) is 0 Å². The number of aliphatic imine (C=N–C) groups is 1. The van der Waals surface area contributed by atoms with Crippen molar-refractivity contribution in [3.05, 3.63) is 23.8 Å². The molecule has 0 aromatic carbocycles. The molecule has 4 heteroatoms. The van der Waals surface area contributed by atoms with Crippen LogP contribution in [-0.2, 0) is 0 Å². The number of nitrogens with one attached hydrogen (secondary N) is 1. The Bertz CT molecular complexity index is 342. The number of nitrogens with zero attached hydrogens (tertiary/aromatic N) is 2. The van der Waals surface area contributed by atoms with Gasteiger partial charge in [-0.3, -0.25) is 4.99 Å². The molecule has 0 aromatic heterocycles. The molecular formula is C12H19N3O. The van der Waals surface area contributed by atoms with Gasteiger partial charge in [0.2, 0.25) is 0 Å². The molecular weight excluding hydrogens is 202 g/mol. The van der Waals surface area contributed by atoms with E-state index in [1.165, 1.54) is 0 Å². The fourth-order valence-corrected chi connectivity index (χ4v) is 1.73. The van der Waals surface area contributed by atoms with Gasteiger partial charge in [-0.25, -0.2) is 4.79 Å². The standard InChI is InChI=1S/C12H19N3O/c1-4-5-6-10-9-15(12(16)14-3)8-7-11(10)13-2/h4-6H,7-9H2,1-3H3,(H,14,16)/b5-4+,10-6-,13-11?. The van der Waals surface area contributed by atoms with Crippen molar-refractivity contribution >= 4 is 11.7 Å². The molecule has 0 aromatic rings. The monoisotopic (exact) mass is 221 g/mol. The van der Waals surface area contributed by atoms with Gasteiger partial charge in [0.25, 0.3) is 0 Å². The van der Waals surface area contributed by atoms with E-state index in [0.29, 0.717) is 6.54 Å². The van der Waals surface area contributed by atoms with Crippen molar-refractivity contribution < 1.29 is 4.79 Å². The highest BCUT2D eigenvalue weighted by Gasteiger charge is 2.21. The Balaban J connectivity index is 2.81. The van der Waals surface area contributed by atoms with Gasteiger partial charge in [-0.05, 0) is 12.5 Å². The quantitative estimate of drug-likeness (QED) is 0.718. The molecule has 2 amide bonds. The van der Waals surface area contributed by atoms with Crippen LogP contribution in [0.25, 0.3) is 0 Å². The van der Waals surface area contributed by atoms with Crippen LogP contribution in [0.2, 0.25) is 0 Å². The number of rotatable bonds is 1. The number of carbonyl (C=O) groups excluding carboxylic acids is 1. The van der Waals surface area contributed by atoms with Crippen LogP contribution in [0.4, 0.5) is 4.79 Å². The number of piperidine rings is 1. The Morgan fingerprint density at radius 2 is 2.31 bits per heavy atom. The van der Waals surface area contributed by atoms with Gasteiger partial charge in [0.1, 0.15) is 0 Å². The summed E-state index contributed by atoms with van der Waals surface area (Å²) in [6.45, 7) is 3.34. The van der Waals surface area contributed by atoms with Crippen molar-refractivity contribution in [3.63, 3.8) is 0 Å². The zero-order valence-electron chi connectivity index (χ0n) is 10.2. The largest absolute Gasteiger partial charge is 0.341 e. The van der Waals surface area contributed by atoms with Gasteiger partial charge in [0.15, 0.2) is 0 Å². The number of likely N-dealkylation sites (tertiary alicyclic amines) is 1. The molecule has 1 aliphatic heterocycles. The van der Waals surface area contributed by atoms with Crippen LogP contribution in [0.15, 0.2) is 28.8 Å². The van der Waals surface area contributed by atoms with Gasteiger partial charge < -0.3 is 10.2 Å². The second-order valence-electron chi connectivity index (χ2n) is 3.61. The second-order valence-corrected chi connectivity index (χ2v) is 3.61. The Morgan fingerprint density at radius 3 is 2.88 bits per heavy atom. The van der Waals surface area contributed by atoms with Crippen LogP contribution in [0.1, 0.15) is 13.3 Å². The lowest BCUT2D eigenvalue weighted by molar-refractivity contribution is 0.204. The van der Waals surface area contributed by atoms with Crippen molar-refractivity contribution in [1.82, 2.24) is 10.2 Å². The summed E-state index contributed by atoms with van der Waals surface area (Å²) in [6.07, 6.45) is 6.80. The first kappa shape index (κ1) is 12.5. The molecule has 1 N–H and O–H groups in total. The first-order valence-electron chi connectivity index (χ1n) is 5.47. The summed E-state index contributed by atoms with van der Waals surface area (Å²) in [5, 5.41) is 2.65. The molecule has 0 aliphatic carbocycles. The summed E-state index contributed by atoms with van der Waals surface area (Å²) in [5.41, 5.74) is 2.22. The molecule has 88 valence electrons. The van der Waals surface area contributed by atoms with Gasteiger partial charge in [-0.1, -0.05) is 18.2 Å². The zero-order valence-corrected chi connectivity index (χ0v) is 10.2. The predicted octanol–water partition coefficient (Wildman–Crippen LogP) is 1.60. The molecule has 1 saturated heterocycles. The minimum atomic E-state index is -0.0264. The lowest BCUT2D eigenvalue weighted by atomic mass is 10.0. The lowest BCUT2D eigenvalue weighted by Gasteiger charge is -2.29. The fourth-order valence-electron chi connectivity index (χ4n) is 1.73. The van der Waals surface area contributed by atoms with Crippen LogP contribution in [-0.4, -0.2) is 43.8 Å². The maximum Gasteiger partial charge on any atom is 0.317 e. The Hall–Kier alpha value is -1.58. The SMILES string of the molecule is C/C=C/C=C1/CN(C(=O)NC)CCC1=NC. The number of urea groups is 1. The highest BCUT2D eigenvalue weighted by atomic mass is 16.2. The van der Waals surface area contributed by atoms with E-state index in [2.05, 4.69) is 10.3 Å². The van der Waals surface area contributed by atoms with Crippen LogP contribution in [0, 0.1) is 0 Å². The van der Waals surface area contributed by atoms with E-state index in [9.17, 15) is 4.79 Å². The molecule has 0 atom stereocenters. The summed E-state index contributed by atoms with van der Waals surface area (Å²) in [5.74, 6) is 0. The number of allylic oxidation sites excluding steroid dienone is 3. The van der Waals surface area contributed by atoms with E-state index in [0.717, 1.165) is 24.3 Å². The first-order valence-corrected chi connectivity index (χ1v) is 5.47. The van der Waals surface area contributed by atoms with E-state index < -0.39 is 0 Å². The van der Waals surface area contributed by atoms with Crippen molar-refractivity contribution in [1.29, 1.82) is 0 Å².